The third-order valence-electron chi connectivity index (χ3n) is 2.91. The second kappa shape index (κ2) is 5.79. The molecule has 7 heteroatoms. The Morgan fingerprint density at radius 1 is 1.24 bits per heavy atom. The van der Waals surface area contributed by atoms with Crippen molar-refractivity contribution in [3.63, 3.8) is 0 Å². The number of aromatic nitrogens is 1. The van der Waals surface area contributed by atoms with Crippen LogP contribution in [0.5, 0.6) is 0 Å². The molecular weight excluding hydrogens is 306 g/mol. The van der Waals surface area contributed by atoms with Gasteiger partial charge in [0.1, 0.15) is 4.99 Å². The quantitative estimate of drug-likeness (QED) is 0.843. The monoisotopic (exact) mass is 321 g/mol. The van der Waals surface area contributed by atoms with Crippen LogP contribution in [0, 0.1) is 13.8 Å². The fourth-order valence-electron chi connectivity index (χ4n) is 1.84. The van der Waals surface area contributed by atoms with Crippen LogP contribution < -0.4 is 10.5 Å². The average Bonchev–Trinajstić information content (AvgIpc) is 2.40. The van der Waals surface area contributed by atoms with E-state index in [0.717, 1.165) is 5.69 Å². The fraction of sp³-hybridized carbons (Fsp3) is 0.143. The summed E-state index contributed by atoms with van der Waals surface area (Å²) in [5.41, 5.74) is 7.98. The van der Waals surface area contributed by atoms with Crippen molar-refractivity contribution in [3.05, 3.63) is 53.3 Å². The smallest absolute Gasteiger partial charge is 0.262 e. The van der Waals surface area contributed by atoms with E-state index in [1.807, 2.05) is 6.92 Å². The zero-order chi connectivity index (χ0) is 15.6. The molecule has 0 saturated heterocycles. The van der Waals surface area contributed by atoms with Gasteiger partial charge >= 0.3 is 0 Å². The van der Waals surface area contributed by atoms with Crippen LogP contribution in [-0.4, -0.2) is 18.4 Å². The zero-order valence-corrected chi connectivity index (χ0v) is 13.3. The number of hydrogen-bond acceptors (Lipinski definition) is 4. The van der Waals surface area contributed by atoms with E-state index in [1.54, 1.807) is 31.2 Å². The summed E-state index contributed by atoms with van der Waals surface area (Å²) >= 11 is 4.88. The van der Waals surface area contributed by atoms with Crippen LogP contribution in [0.3, 0.4) is 0 Å². The number of sulfonamides is 1. The first kappa shape index (κ1) is 15.4. The number of benzene rings is 1. The predicted octanol–water partition coefficient (Wildman–Crippen LogP) is 2.13. The SMILES string of the molecule is Cc1ccc(NS(=O)(=O)c2ccc(C(N)=S)cc2C)cn1. The topological polar surface area (TPSA) is 85.1 Å². The molecule has 0 amide bonds. The van der Waals surface area contributed by atoms with E-state index >= 15 is 0 Å². The number of anilines is 1. The lowest BCUT2D eigenvalue weighted by molar-refractivity contribution is 0.600. The molecule has 0 radical (unpaired) electrons. The summed E-state index contributed by atoms with van der Waals surface area (Å²) in [6, 6.07) is 8.15. The van der Waals surface area contributed by atoms with E-state index in [9.17, 15) is 8.42 Å². The minimum Gasteiger partial charge on any atom is -0.389 e. The Morgan fingerprint density at radius 2 is 1.95 bits per heavy atom. The summed E-state index contributed by atoms with van der Waals surface area (Å²) < 4.78 is 27.3. The van der Waals surface area contributed by atoms with Gasteiger partial charge in [-0.2, -0.15) is 0 Å². The van der Waals surface area contributed by atoms with Crippen molar-refractivity contribution in [2.24, 2.45) is 5.73 Å². The van der Waals surface area contributed by atoms with Crippen molar-refractivity contribution in [1.29, 1.82) is 0 Å². The number of pyridine rings is 1. The number of rotatable bonds is 4. The molecule has 1 heterocycles. The second-order valence-electron chi connectivity index (χ2n) is 4.64. The highest BCUT2D eigenvalue weighted by Crippen LogP contribution is 2.20. The van der Waals surface area contributed by atoms with Crippen molar-refractivity contribution in [1.82, 2.24) is 4.98 Å². The summed E-state index contributed by atoms with van der Waals surface area (Å²) in [4.78, 5) is 4.47. The van der Waals surface area contributed by atoms with Gasteiger partial charge < -0.3 is 5.73 Å². The Morgan fingerprint density at radius 3 is 2.48 bits per heavy atom. The number of nitrogens with zero attached hydrogens (tertiary/aromatic N) is 1. The molecule has 0 aliphatic carbocycles. The molecule has 0 aliphatic heterocycles. The lowest BCUT2D eigenvalue weighted by Crippen LogP contribution is -2.16. The van der Waals surface area contributed by atoms with Gasteiger partial charge in [-0.3, -0.25) is 9.71 Å². The van der Waals surface area contributed by atoms with E-state index in [-0.39, 0.29) is 9.88 Å². The van der Waals surface area contributed by atoms with Crippen molar-refractivity contribution < 1.29 is 8.42 Å². The Bertz CT molecular complexity index is 784. The molecule has 0 spiro atoms. The maximum Gasteiger partial charge on any atom is 0.262 e. The van der Waals surface area contributed by atoms with Gasteiger partial charge in [0.15, 0.2) is 0 Å². The van der Waals surface area contributed by atoms with Crippen LogP contribution in [-0.2, 0) is 10.0 Å². The summed E-state index contributed by atoms with van der Waals surface area (Å²) in [7, 11) is -3.67. The molecule has 0 bridgehead atoms. The fourth-order valence-corrected chi connectivity index (χ4v) is 3.24. The molecule has 0 fully saturated rings. The van der Waals surface area contributed by atoms with Gasteiger partial charge in [0.25, 0.3) is 10.0 Å². The number of hydrogen-bond donors (Lipinski definition) is 2. The molecule has 2 rings (SSSR count). The molecule has 0 unspecified atom stereocenters. The Hall–Kier alpha value is -1.99. The van der Waals surface area contributed by atoms with Crippen LogP contribution in [0.1, 0.15) is 16.8 Å². The Kier molecular flexibility index (Phi) is 4.24. The van der Waals surface area contributed by atoms with E-state index in [0.29, 0.717) is 16.8 Å². The molecule has 1 aromatic carbocycles. The van der Waals surface area contributed by atoms with Crippen LogP contribution in [0.4, 0.5) is 5.69 Å². The van der Waals surface area contributed by atoms with Gasteiger partial charge in [0.05, 0.1) is 16.8 Å². The van der Waals surface area contributed by atoms with Crippen LogP contribution in [0.2, 0.25) is 0 Å². The summed E-state index contributed by atoms with van der Waals surface area (Å²) in [5.74, 6) is 0. The molecular formula is C14H15N3O2S2. The van der Waals surface area contributed by atoms with Gasteiger partial charge in [-0.25, -0.2) is 8.42 Å². The van der Waals surface area contributed by atoms with Gasteiger partial charge in [-0.05, 0) is 43.7 Å². The third-order valence-corrected chi connectivity index (χ3v) is 4.69. The summed E-state index contributed by atoms with van der Waals surface area (Å²) in [6.07, 6.45) is 1.48. The van der Waals surface area contributed by atoms with Crippen LogP contribution in [0.25, 0.3) is 0 Å². The minimum absolute atomic E-state index is 0.183. The largest absolute Gasteiger partial charge is 0.389 e. The molecule has 21 heavy (non-hydrogen) atoms. The first-order chi connectivity index (χ1) is 9.79. The van der Waals surface area contributed by atoms with Crippen LogP contribution >= 0.6 is 12.2 Å². The number of nitrogens with one attached hydrogen (secondary N) is 1. The van der Waals surface area contributed by atoms with Gasteiger partial charge in [-0.15, -0.1) is 0 Å². The molecule has 0 saturated carbocycles. The average molecular weight is 321 g/mol. The molecule has 1 aromatic heterocycles. The number of nitrogens with two attached hydrogens (primary N) is 1. The summed E-state index contributed by atoms with van der Waals surface area (Å²) in [6.45, 7) is 3.53. The predicted molar refractivity (Wildman–Crippen MR) is 86.8 cm³/mol. The third kappa shape index (κ3) is 3.56. The van der Waals surface area contributed by atoms with E-state index < -0.39 is 10.0 Å². The molecule has 3 N–H and O–H groups in total. The van der Waals surface area contributed by atoms with E-state index in [4.69, 9.17) is 18.0 Å². The molecule has 5 nitrogen and oxygen atoms in total. The second-order valence-corrected chi connectivity index (χ2v) is 6.73. The van der Waals surface area contributed by atoms with E-state index in [2.05, 4.69) is 9.71 Å². The first-order valence-corrected chi connectivity index (χ1v) is 8.04. The molecule has 110 valence electrons. The maximum absolute atomic E-state index is 12.4. The molecule has 0 atom stereocenters. The number of aryl methyl sites for hydroxylation is 2. The van der Waals surface area contributed by atoms with E-state index in [1.165, 1.54) is 12.3 Å². The first-order valence-electron chi connectivity index (χ1n) is 6.15. The van der Waals surface area contributed by atoms with Crippen LogP contribution in [0.15, 0.2) is 41.4 Å². The van der Waals surface area contributed by atoms with Gasteiger partial charge in [0, 0.05) is 11.3 Å². The van der Waals surface area contributed by atoms with Crippen molar-refractivity contribution in [2.75, 3.05) is 4.72 Å². The highest BCUT2D eigenvalue weighted by Gasteiger charge is 2.17. The van der Waals surface area contributed by atoms with Gasteiger partial charge in [-0.1, -0.05) is 18.3 Å². The Labute approximate surface area is 129 Å². The van der Waals surface area contributed by atoms with Crippen molar-refractivity contribution in [3.8, 4) is 0 Å². The highest BCUT2D eigenvalue weighted by molar-refractivity contribution is 7.92. The zero-order valence-electron chi connectivity index (χ0n) is 11.6. The van der Waals surface area contributed by atoms with Crippen molar-refractivity contribution >= 4 is 32.9 Å². The molecule has 2 aromatic rings. The van der Waals surface area contributed by atoms with Crippen molar-refractivity contribution in [2.45, 2.75) is 18.7 Å². The Balaban J connectivity index is 2.35. The summed E-state index contributed by atoms with van der Waals surface area (Å²) in [5, 5.41) is 0. The lowest BCUT2D eigenvalue weighted by atomic mass is 10.1. The highest BCUT2D eigenvalue weighted by atomic mass is 32.2. The molecule has 0 aliphatic rings. The standard InChI is InChI=1S/C14H15N3O2S2/c1-9-7-11(14(15)20)4-6-13(9)21(18,19)17-12-5-3-10(2)16-8-12/h3-8,17H,1-2H3,(H2,15,20). The minimum atomic E-state index is -3.67. The number of thiocarbonyl (C=S) groups is 1. The maximum atomic E-state index is 12.4. The van der Waals surface area contributed by atoms with Gasteiger partial charge in [0.2, 0.25) is 0 Å². The lowest BCUT2D eigenvalue weighted by Gasteiger charge is -2.11. The normalized spacial score (nSPS) is 11.1.